The van der Waals surface area contributed by atoms with Gasteiger partial charge in [-0.15, -0.1) is 0 Å². The molecule has 1 rings (SSSR count). The zero-order valence-electron chi connectivity index (χ0n) is 8.63. The minimum absolute atomic E-state index is 0.0349. The van der Waals surface area contributed by atoms with Crippen molar-refractivity contribution < 1.29 is 31.9 Å². The molecule has 0 saturated heterocycles. The van der Waals surface area contributed by atoms with Crippen molar-refractivity contribution in [1.82, 2.24) is 0 Å². The van der Waals surface area contributed by atoms with Gasteiger partial charge in [-0.3, -0.25) is 4.79 Å². The zero-order valence-corrected chi connectivity index (χ0v) is 8.63. The first-order chi connectivity index (χ1) is 7.77. The molecule has 94 valence electrons. The fraction of sp³-hybridized carbons (Fsp3) is 0.333. The fourth-order valence-electron chi connectivity index (χ4n) is 1.09. The number of primary amides is 1. The number of halogens is 3. The van der Waals surface area contributed by atoms with Gasteiger partial charge in [0, 0.05) is 6.07 Å². The van der Waals surface area contributed by atoms with E-state index in [9.17, 15) is 22.8 Å². The maximum Gasteiger partial charge on any atom is 0.450 e. The van der Waals surface area contributed by atoms with E-state index in [4.69, 9.17) is 5.73 Å². The molecule has 5 nitrogen and oxygen atoms in total. The third-order valence-electron chi connectivity index (χ3n) is 1.73. The lowest BCUT2D eigenvalue weighted by molar-refractivity contribution is -0.153. The topological polar surface area (TPSA) is 82.5 Å². The average Bonchev–Trinajstić information content (AvgIpc) is 2.61. The van der Waals surface area contributed by atoms with E-state index < -0.39 is 35.1 Å². The van der Waals surface area contributed by atoms with Crippen LogP contribution in [0.2, 0.25) is 0 Å². The SMILES string of the molecule is CCOC(=O)c1cc(C(N)=O)c(C(F)(F)F)o1. The second-order valence-electron chi connectivity index (χ2n) is 2.94. The minimum atomic E-state index is -4.91. The Morgan fingerprint density at radius 3 is 2.41 bits per heavy atom. The van der Waals surface area contributed by atoms with Gasteiger partial charge in [0.05, 0.1) is 12.2 Å². The largest absolute Gasteiger partial charge is 0.460 e. The molecule has 0 aliphatic rings. The molecule has 0 saturated carbocycles. The van der Waals surface area contributed by atoms with Gasteiger partial charge < -0.3 is 14.9 Å². The Kier molecular flexibility index (Phi) is 3.45. The highest BCUT2D eigenvalue weighted by molar-refractivity contribution is 5.97. The highest BCUT2D eigenvalue weighted by atomic mass is 19.4. The molecule has 0 aromatic carbocycles. The van der Waals surface area contributed by atoms with Gasteiger partial charge in [-0.25, -0.2) is 4.79 Å². The second-order valence-corrected chi connectivity index (χ2v) is 2.94. The third-order valence-corrected chi connectivity index (χ3v) is 1.73. The molecule has 0 radical (unpaired) electrons. The van der Waals surface area contributed by atoms with E-state index in [2.05, 4.69) is 9.15 Å². The van der Waals surface area contributed by atoms with Crippen LogP contribution in [0.25, 0.3) is 0 Å². The van der Waals surface area contributed by atoms with E-state index in [1.54, 1.807) is 0 Å². The number of carbonyl (C=O) groups excluding carboxylic acids is 2. The molecule has 0 unspecified atom stereocenters. The van der Waals surface area contributed by atoms with Crippen molar-refractivity contribution in [2.24, 2.45) is 5.73 Å². The van der Waals surface area contributed by atoms with Crippen molar-refractivity contribution in [2.75, 3.05) is 6.61 Å². The van der Waals surface area contributed by atoms with Crippen molar-refractivity contribution in [1.29, 1.82) is 0 Å². The summed E-state index contributed by atoms with van der Waals surface area (Å²) in [5, 5.41) is 0. The van der Waals surface area contributed by atoms with Gasteiger partial charge in [0.1, 0.15) is 0 Å². The van der Waals surface area contributed by atoms with Gasteiger partial charge in [0.25, 0.3) is 5.91 Å². The minimum Gasteiger partial charge on any atom is -0.460 e. The number of ether oxygens (including phenoxy) is 1. The van der Waals surface area contributed by atoms with Gasteiger partial charge in [-0.1, -0.05) is 0 Å². The highest BCUT2D eigenvalue weighted by Crippen LogP contribution is 2.34. The third kappa shape index (κ3) is 2.77. The molecule has 17 heavy (non-hydrogen) atoms. The van der Waals surface area contributed by atoms with Crippen LogP contribution in [-0.4, -0.2) is 18.5 Å². The quantitative estimate of drug-likeness (QED) is 0.826. The van der Waals surface area contributed by atoms with Crippen molar-refractivity contribution >= 4 is 11.9 Å². The summed E-state index contributed by atoms with van der Waals surface area (Å²) in [7, 11) is 0. The van der Waals surface area contributed by atoms with Gasteiger partial charge >= 0.3 is 12.1 Å². The van der Waals surface area contributed by atoms with Crippen LogP contribution in [0.3, 0.4) is 0 Å². The van der Waals surface area contributed by atoms with Crippen molar-refractivity contribution in [2.45, 2.75) is 13.1 Å². The summed E-state index contributed by atoms with van der Waals surface area (Å²) < 4.78 is 45.9. The van der Waals surface area contributed by atoms with Crippen LogP contribution in [0.1, 0.15) is 33.6 Å². The van der Waals surface area contributed by atoms with E-state index in [1.807, 2.05) is 0 Å². The fourth-order valence-corrected chi connectivity index (χ4v) is 1.09. The Balaban J connectivity index is 3.22. The number of carbonyl (C=O) groups is 2. The molecule has 0 aliphatic heterocycles. The number of amides is 1. The summed E-state index contributed by atoms with van der Waals surface area (Å²) in [4.78, 5) is 21.9. The van der Waals surface area contributed by atoms with Crippen molar-refractivity contribution in [3.05, 3.63) is 23.2 Å². The molecule has 0 aliphatic carbocycles. The first-order valence-corrected chi connectivity index (χ1v) is 4.45. The maximum absolute atomic E-state index is 12.4. The molecule has 0 fully saturated rings. The smallest absolute Gasteiger partial charge is 0.450 e. The van der Waals surface area contributed by atoms with Gasteiger partial charge in [-0.2, -0.15) is 13.2 Å². The Bertz CT molecular complexity index is 450. The molecule has 1 aromatic rings. The molecule has 0 bridgehead atoms. The van der Waals surface area contributed by atoms with Crippen LogP contribution < -0.4 is 5.73 Å². The number of alkyl halides is 3. The van der Waals surface area contributed by atoms with E-state index in [-0.39, 0.29) is 6.61 Å². The van der Waals surface area contributed by atoms with Crippen molar-refractivity contribution in [3.8, 4) is 0 Å². The number of esters is 1. The van der Waals surface area contributed by atoms with Crippen LogP contribution in [0.4, 0.5) is 13.2 Å². The average molecular weight is 251 g/mol. The normalized spacial score (nSPS) is 11.3. The molecule has 1 aromatic heterocycles. The van der Waals surface area contributed by atoms with Crippen LogP contribution in [-0.2, 0) is 10.9 Å². The summed E-state index contributed by atoms with van der Waals surface area (Å²) in [6.07, 6.45) is -4.91. The lowest BCUT2D eigenvalue weighted by atomic mass is 10.2. The van der Waals surface area contributed by atoms with Crippen LogP contribution in [0, 0.1) is 0 Å². The number of nitrogens with two attached hydrogens (primary N) is 1. The van der Waals surface area contributed by atoms with Gasteiger partial charge in [0.2, 0.25) is 11.5 Å². The summed E-state index contributed by atoms with van der Waals surface area (Å²) in [6.45, 7) is 1.44. The Hall–Kier alpha value is -1.99. The molecule has 0 spiro atoms. The first kappa shape index (κ1) is 13.1. The molecule has 1 amide bonds. The van der Waals surface area contributed by atoms with Crippen LogP contribution >= 0.6 is 0 Å². The summed E-state index contributed by atoms with van der Waals surface area (Å²) in [5.74, 6) is -4.75. The number of rotatable bonds is 3. The number of furan rings is 1. The standard InChI is InChI=1S/C9H8F3NO4/c1-2-16-8(15)5-3-4(7(13)14)6(17-5)9(10,11)12/h3H,2H2,1H3,(H2,13,14). The van der Waals surface area contributed by atoms with Gasteiger partial charge in [-0.05, 0) is 6.92 Å². The Morgan fingerprint density at radius 1 is 1.47 bits per heavy atom. The monoisotopic (exact) mass is 251 g/mol. The molecular weight excluding hydrogens is 243 g/mol. The van der Waals surface area contributed by atoms with Crippen molar-refractivity contribution in [3.63, 3.8) is 0 Å². The molecule has 1 heterocycles. The van der Waals surface area contributed by atoms with E-state index in [1.165, 1.54) is 6.92 Å². The predicted molar refractivity (Wildman–Crippen MR) is 48.2 cm³/mol. The Morgan fingerprint density at radius 2 is 2.06 bits per heavy atom. The number of hydrogen-bond acceptors (Lipinski definition) is 4. The lowest BCUT2D eigenvalue weighted by Gasteiger charge is -2.03. The summed E-state index contributed by atoms with van der Waals surface area (Å²) >= 11 is 0. The predicted octanol–water partition coefficient (Wildman–Crippen LogP) is 1.57. The Labute approximate surface area is 93.3 Å². The molecule has 2 N–H and O–H groups in total. The summed E-state index contributed by atoms with van der Waals surface area (Å²) in [6, 6.07) is 0.614. The first-order valence-electron chi connectivity index (χ1n) is 4.45. The lowest BCUT2D eigenvalue weighted by Crippen LogP contribution is -2.16. The second kappa shape index (κ2) is 4.48. The molecule has 0 atom stereocenters. The van der Waals surface area contributed by atoms with Gasteiger partial charge in [0.15, 0.2) is 0 Å². The summed E-state index contributed by atoms with van der Waals surface area (Å²) in [5.41, 5.74) is 3.85. The molecular formula is C9H8F3NO4. The van der Waals surface area contributed by atoms with Crippen LogP contribution in [0.15, 0.2) is 10.5 Å². The van der Waals surface area contributed by atoms with E-state index in [0.29, 0.717) is 6.07 Å². The van der Waals surface area contributed by atoms with E-state index >= 15 is 0 Å². The van der Waals surface area contributed by atoms with Crippen LogP contribution in [0.5, 0.6) is 0 Å². The maximum atomic E-state index is 12.4. The highest BCUT2D eigenvalue weighted by Gasteiger charge is 2.40. The number of hydrogen-bond donors (Lipinski definition) is 1. The zero-order chi connectivity index (χ0) is 13.2. The molecule has 8 heteroatoms. The van der Waals surface area contributed by atoms with E-state index in [0.717, 1.165) is 0 Å².